The van der Waals surface area contributed by atoms with Gasteiger partial charge in [0.25, 0.3) is 0 Å². The van der Waals surface area contributed by atoms with Gasteiger partial charge in [-0.15, -0.1) is 5.10 Å². The second-order valence-electron chi connectivity index (χ2n) is 7.30. The normalized spacial score (nSPS) is 15.4. The molecule has 0 spiro atoms. The molecule has 0 bridgehead atoms. The van der Waals surface area contributed by atoms with Crippen molar-refractivity contribution >= 4 is 39.9 Å². The Morgan fingerprint density at radius 3 is 2.67 bits per heavy atom. The summed E-state index contributed by atoms with van der Waals surface area (Å²) in [5, 5.41) is 24.5. The van der Waals surface area contributed by atoms with Crippen molar-refractivity contribution < 1.29 is 9.90 Å². The Morgan fingerprint density at radius 2 is 1.91 bits per heavy atom. The zero-order chi connectivity index (χ0) is 22.8. The number of anilines is 1. The molecule has 0 saturated heterocycles. The number of phenolic OH excluding ortho intramolecular Hbond substituents is 1. The van der Waals surface area contributed by atoms with E-state index in [1.165, 1.54) is 5.01 Å². The standard InChI is InChI=1S/C23H17ClN6O2S/c24-16-9-7-14(8-10-16)21-22(33-29-27-21)26-23(32)30-19(17-5-1-2-6-20(17)31)12-18(28-30)15-4-3-11-25-13-15/h1-11,13,19,31H,12H2,(H,26,32). The molecule has 4 aromatic rings. The first kappa shape index (κ1) is 21.0. The van der Waals surface area contributed by atoms with Crippen LogP contribution in [0.15, 0.2) is 78.2 Å². The number of carbonyl (C=O) groups excluding carboxylic acids is 1. The van der Waals surface area contributed by atoms with Crippen molar-refractivity contribution in [1.82, 2.24) is 19.6 Å². The van der Waals surface area contributed by atoms with E-state index < -0.39 is 12.1 Å². The third-order valence-electron chi connectivity index (χ3n) is 5.24. The highest BCUT2D eigenvalue weighted by Crippen LogP contribution is 2.38. The van der Waals surface area contributed by atoms with Crippen molar-refractivity contribution in [3.63, 3.8) is 0 Å². The van der Waals surface area contributed by atoms with Gasteiger partial charge in [-0.3, -0.25) is 10.3 Å². The molecule has 0 saturated carbocycles. The lowest BCUT2D eigenvalue weighted by Gasteiger charge is -2.22. The Hall–Kier alpha value is -3.82. The Morgan fingerprint density at radius 1 is 1.09 bits per heavy atom. The van der Waals surface area contributed by atoms with Crippen LogP contribution in [0.3, 0.4) is 0 Å². The summed E-state index contributed by atoms with van der Waals surface area (Å²) in [6, 6.07) is 16.8. The number of urea groups is 1. The second kappa shape index (κ2) is 8.97. The van der Waals surface area contributed by atoms with Gasteiger partial charge >= 0.3 is 6.03 Å². The lowest BCUT2D eigenvalue weighted by molar-refractivity contribution is 0.199. The predicted octanol–water partition coefficient (Wildman–Crippen LogP) is 5.34. The molecule has 3 heterocycles. The summed E-state index contributed by atoms with van der Waals surface area (Å²) >= 11 is 7.06. The number of rotatable bonds is 4. The summed E-state index contributed by atoms with van der Waals surface area (Å²) in [5.74, 6) is 0.101. The summed E-state index contributed by atoms with van der Waals surface area (Å²) in [4.78, 5) is 17.5. The second-order valence-corrected chi connectivity index (χ2v) is 8.49. The van der Waals surface area contributed by atoms with E-state index in [-0.39, 0.29) is 5.75 Å². The molecule has 1 atom stereocenters. The number of hydrogen-bond acceptors (Lipinski definition) is 7. The maximum atomic E-state index is 13.4. The van der Waals surface area contributed by atoms with E-state index in [2.05, 4.69) is 25.0 Å². The van der Waals surface area contributed by atoms with Crippen LogP contribution in [0.5, 0.6) is 5.75 Å². The number of halogens is 1. The maximum Gasteiger partial charge on any atom is 0.343 e. The van der Waals surface area contributed by atoms with Gasteiger partial charge in [-0.05, 0) is 24.3 Å². The lowest BCUT2D eigenvalue weighted by Crippen LogP contribution is -2.31. The Balaban J connectivity index is 1.47. The van der Waals surface area contributed by atoms with E-state index in [0.29, 0.717) is 33.4 Å². The number of benzene rings is 2. The van der Waals surface area contributed by atoms with E-state index >= 15 is 0 Å². The molecule has 1 aliphatic heterocycles. The Labute approximate surface area is 198 Å². The highest BCUT2D eigenvalue weighted by atomic mass is 35.5. The van der Waals surface area contributed by atoms with Crippen molar-refractivity contribution in [2.45, 2.75) is 12.5 Å². The number of hydrogen-bond donors (Lipinski definition) is 2. The van der Waals surface area contributed by atoms with E-state index in [0.717, 1.165) is 22.7 Å². The molecule has 0 radical (unpaired) electrons. The number of nitrogens with one attached hydrogen (secondary N) is 1. The van der Waals surface area contributed by atoms with Crippen LogP contribution in [0, 0.1) is 0 Å². The van der Waals surface area contributed by atoms with Gasteiger partial charge < -0.3 is 5.11 Å². The topological polar surface area (TPSA) is 104 Å². The fraction of sp³-hybridized carbons (Fsp3) is 0.0870. The number of aromatic nitrogens is 3. The number of nitrogens with zero attached hydrogens (tertiary/aromatic N) is 5. The smallest absolute Gasteiger partial charge is 0.343 e. The Kier molecular flexibility index (Phi) is 5.72. The molecule has 164 valence electrons. The summed E-state index contributed by atoms with van der Waals surface area (Å²) < 4.78 is 4.00. The summed E-state index contributed by atoms with van der Waals surface area (Å²) in [7, 11) is 0. The van der Waals surface area contributed by atoms with E-state index in [4.69, 9.17) is 11.6 Å². The molecule has 2 N–H and O–H groups in total. The minimum absolute atomic E-state index is 0.101. The van der Waals surface area contributed by atoms with Crippen LogP contribution in [0.2, 0.25) is 5.02 Å². The monoisotopic (exact) mass is 476 g/mol. The maximum absolute atomic E-state index is 13.4. The van der Waals surface area contributed by atoms with Gasteiger partial charge in [0.15, 0.2) is 0 Å². The fourth-order valence-electron chi connectivity index (χ4n) is 3.64. The van der Waals surface area contributed by atoms with Gasteiger partial charge in [-0.25, -0.2) is 9.80 Å². The molecule has 0 fully saturated rings. The molecule has 2 amide bonds. The van der Waals surface area contributed by atoms with Crippen molar-refractivity contribution in [3.8, 4) is 17.0 Å². The quantitative estimate of drug-likeness (QED) is 0.413. The molecule has 10 heteroatoms. The van der Waals surface area contributed by atoms with Gasteiger partial charge in [0, 0.05) is 52.1 Å². The van der Waals surface area contributed by atoms with Crippen molar-refractivity contribution in [2.75, 3.05) is 5.32 Å². The molecule has 33 heavy (non-hydrogen) atoms. The first-order chi connectivity index (χ1) is 16.1. The molecular formula is C23H17ClN6O2S. The first-order valence-electron chi connectivity index (χ1n) is 10.0. The van der Waals surface area contributed by atoms with Gasteiger partial charge in [0.05, 0.1) is 11.8 Å². The van der Waals surface area contributed by atoms with E-state index in [1.54, 1.807) is 42.7 Å². The zero-order valence-corrected chi connectivity index (χ0v) is 18.7. The predicted molar refractivity (Wildman–Crippen MR) is 127 cm³/mol. The van der Waals surface area contributed by atoms with Crippen LogP contribution in [0.1, 0.15) is 23.6 Å². The molecule has 1 aliphatic rings. The molecule has 2 aromatic carbocycles. The van der Waals surface area contributed by atoms with Crippen LogP contribution in [-0.4, -0.2) is 36.4 Å². The van der Waals surface area contributed by atoms with Gasteiger partial charge in [0.2, 0.25) is 0 Å². The molecule has 0 aliphatic carbocycles. The van der Waals surface area contributed by atoms with Crippen molar-refractivity contribution in [1.29, 1.82) is 0 Å². The molecule has 5 rings (SSSR count). The highest BCUT2D eigenvalue weighted by Gasteiger charge is 2.35. The SMILES string of the molecule is O=C(Nc1snnc1-c1ccc(Cl)cc1)N1N=C(c2cccnc2)CC1c1ccccc1O. The number of aromatic hydroxyl groups is 1. The van der Waals surface area contributed by atoms with E-state index in [1.807, 2.05) is 30.3 Å². The summed E-state index contributed by atoms with van der Waals surface area (Å²) in [6.07, 6.45) is 3.81. The number of amides is 2. The lowest BCUT2D eigenvalue weighted by atomic mass is 9.98. The summed E-state index contributed by atoms with van der Waals surface area (Å²) in [5.41, 5.74) is 3.44. The van der Waals surface area contributed by atoms with E-state index in [9.17, 15) is 9.90 Å². The Bertz CT molecular complexity index is 1330. The molecule has 1 unspecified atom stereocenters. The number of phenols is 1. The zero-order valence-electron chi connectivity index (χ0n) is 17.1. The van der Waals surface area contributed by atoms with Gasteiger partial charge in [-0.2, -0.15) is 5.10 Å². The molecule has 2 aromatic heterocycles. The molecule has 8 nitrogen and oxygen atoms in total. The highest BCUT2D eigenvalue weighted by molar-refractivity contribution is 7.10. The number of hydrazone groups is 1. The number of carbonyl (C=O) groups is 1. The third kappa shape index (κ3) is 4.28. The fourth-order valence-corrected chi connectivity index (χ4v) is 4.35. The van der Waals surface area contributed by atoms with Gasteiger partial charge in [0.1, 0.15) is 16.4 Å². The van der Waals surface area contributed by atoms with Crippen LogP contribution in [0.25, 0.3) is 11.3 Å². The minimum atomic E-state index is -0.485. The largest absolute Gasteiger partial charge is 0.508 e. The van der Waals surface area contributed by atoms with Crippen molar-refractivity contribution in [3.05, 3.63) is 89.2 Å². The average molecular weight is 477 g/mol. The van der Waals surface area contributed by atoms with Crippen LogP contribution >= 0.6 is 23.1 Å². The van der Waals surface area contributed by atoms with Crippen LogP contribution < -0.4 is 5.32 Å². The molecular weight excluding hydrogens is 460 g/mol. The number of para-hydroxylation sites is 1. The third-order valence-corrected chi connectivity index (χ3v) is 6.13. The van der Waals surface area contributed by atoms with Gasteiger partial charge in [-0.1, -0.05) is 52.5 Å². The number of pyridine rings is 1. The van der Waals surface area contributed by atoms with Crippen LogP contribution in [-0.2, 0) is 0 Å². The average Bonchev–Trinajstić information content (AvgIpc) is 3.48. The first-order valence-corrected chi connectivity index (χ1v) is 11.2. The minimum Gasteiger partial charge on any atom is -0.508 e. The van der Waals surface area contributed by atoms with Crippen LogP contribution in [0.4, 0.5) is 9.80 Å². The van der Waals surface area contributed by atoms with Crippen molar-refractivity contribution in [2.24, 2.45) is 5.10 Å². The summed E-state index contributed by atoms with van der Waals surface area (Å²) in [6.45, 7) is 0.